The second-order valence-electron chi connectivity index (χ2n) is 29.5. The first-order valence-corrected chi connectivity index (χ1v) is 40.7. The smallest absolute Gasteiger partial charge is 0.307 e. The zero-order valence-electron chi connectivity index (χ0n) is 65.3. The number of nitrogens with zero attached hydrogens (tertiary/aromatic N) is 5. The number of aliphatic hydroxyl groups is 2. The van der Waals surface area contributed by atoms with Gasteiger partial charge in [-0.1, -0.05) is 203 Å². The van der Waals surface area contributed by atoms with Gasteiger partial charge >= 0.3 is 23.9 Å². The molecule has 1 amide bonds. The molecule has 0 saturated carbocycles. The fourth-order valence-electron chi connectivity index (χ4n) is 12.3. The molecule has 0 bridgehead atoms. The van der Waals surface area contributed by atoms with Crippen molar-refractivity contribution >= 4 is 29.8 Å². The maximum Gasteiger partial charge on any atom is 0.307 e. The highest BCUT2D eigenvalue weighted by Gasteiger charge is 2.33. The Kier molecular flexibility index (Phi) is 64.3. The van der Waals surface area contributed by atoms with Crippen LogP contribution in [0.4, 0.5) is 0 Å². The van der Waals surface area contributed by atoms with E-state index in [0.717, 1.165) is 213 Å². The molecule has 0 heterocycles. The minimum atomic E-state index is -1.37. The summed E-state index contributed by atoms with van der Waals surface area (Å²) in [5.41, 5.74) is -0.972. The number of hydrogen-bond donors (Lipinski definition) is 3. The van der Waals surface area contributed by atoms with Crippen LogP contribution < -0.4 is 5.32 Å². The molecule has 0 saturated heterocycles. The van der Waals surface area contributed by atoms with Crippen LogP contribution in [0.1, 0.15) is 338 Å². The molecule has 0 aliphatic rings. The summed E-state index contributed by atoms with van der Waals surface area (Å²) in [7, 11) is 6.79. The third-order valence-electron chi connectivity index (χ3n) is 19.7. The van der Waals surface area contributed by atoms with E-state index < -0.39 is 17.4 Å². The minimum absolute atomic E-state index is 0.0143. The number of likely N-dealkylation sites (N-methyl/N-ethyl adjacent to an activating group) is 3. The van der Waals surface area contributed by atoms with Gasteiger partial charge in [-0.15, -0.1) is 0 Å². The van der Waals surface area contributed by atoms with Crippen molar-refractivity contribution in [2.24, 2.45) is 5.41 Å². The monoisotopic (exact) mass is 1380 g/mol. The van der Waals surface area contributed by atoms with Crippen LogP contribution >= 0.6 is 0 Å². The van der Waals surface area contributed by atoms with Gasteiger partial charge < -0.3 is 59.0 Å². The Bertz CT molecular complexity index is 1780. The molecule has 0 aliphatic heterocycles. The predicted molar refractivity (Wildman–Crippen MR) is 403 cm³/mol. The average molecular weight is 1380 g/mol. The van der Waals surface area contributed by atoms with E-state index in [9.17, 15) is 34.2 Å². The van der Waals surface area contributed by atoms with Crippen LogP contribution in [0.2, 0.25) is 0 Å². The number of nitrogens with one attached hydrogen (secondary N) is 1. The molecule has 4 atom stereocenters. The number of unbranched alkanes of at least 4 members (excludes halogenated alkanes) is 27. The van der Waals surface area contributed by atoms with Gasteiger partial charge in [-0.25, -0.2) is 0 Å². The Hall–Kier alpha value is -2.93. The van der Waals surface area contributed by atoms with Crippen molar-refractivity contribution in [2.75, 3.05) is 119 Å². The summed E-state index contributed by atoms with van der Waals surface area (Å²) in [5, 5.41) is 22.2. The fraction of sp³-hybridized carbons (Fsp3) is 0.938. The Morgan fingerprint density at radius 2 is 0.649 bits per heavy atom. The highest BCUT2D eigenvalue weighted by molar-refractivity contribution is 5.82. The lowest BCUT2D eigenvalue weighted by Crippen LogP contribution is -2.46. The van der Waals surface area contributed by atoms with Crippen molar-refractivity contribution < 1.29 is 53.1 Å². The van der Waals surface area contributed by atoms with Crippen LogP contribution in [0.3, 0.4) is 0 Å². The molecule has 0 aromatic rings. The summed E-state index contributed by atoms with van der Waals surface area (Å²) in [4.78, 5) is 75.2. The number of carbonyl (C=O) groups is 5. The van der Waals surface area contributed by atoms with Crippen LogP contribution in [0, 0.1) is 5.41 Å². The van der Waals surface area contributed by atoms with Crippen molar-refractivity contribution in [1.29, 1.82) is 0 Å². The third-order valence-corrected chi connectivity index (χ3v) is 19.7. The zero-order valence-corrected chi connectivity index (χ0v) is 65.3. The normalized spacial score (nSPS) is 13.3. The third kappa shape index (κ3) is 58.3. The van der Waals surface area contributed by atoms with Gasteiger partial charge in [0.05, 0.1) is 19.6 Å². The SMILES string of the molecule is CCCCCCC(CC)OC(=O)CCCCCCCCN(CCCCCCCCC(=O)OC(CC)CCCCCC)CCN(C)CCN(C)CCN(C)CCN(CCCCCCCCC(=O)OC(CC)CCCCCC)CCCCCCOC(=O)CCNC(=O)C(O)C(C)(C)CO. The number of rotatable bonds is 73. The van der Waals surface area contributed by atoms with Crippen LogP contribution in [-0.2, 0) is 42.9 Å². The molecule has 3 N–H and O–H groups in total. The fourth-order valence-corrected chi connectivity index (χ4v) is 12.3. The summed E-state index contributed by atoms with van der Waals surface area (Å²) in [6.45, 7) is 29.0. The Balaban J connectivity index is 5.20. The molecule has 17 nitrogen and oxygen atoms in total. The first-order valence-electron chi connectivity index (χ1n) is 40.7. The Morgan fingerprint density at radius 1 is 0.361 bits per heavy atom. The number of aliphatic hydroxyl groups excluding tert-OH is 2. The van der Waals surface area contributed by atoms with Crippen molar-refractivity contribution in [3.63, 3.8) is 0 Å². The van der Waals surface area contributed by atoms with Crippen molar-refractivity contribution in [1.82, 2.24) is 29.8 Å². The molecule has 0 aliphatic carbocycles. The lowest BCUT2D eigenvalue weighted by molar-refractivity contribution is -0.150. The van der Waals surface area contributed by atoms with E-state index in [1.807, 2.05) is 0 Å². The van der Waals surface area contributed by atoms with E-state index in [1.165, 1.54) is 122 Å². The Labute approximate surface area is 597 Å². The van der Waals surface area contributed by atoms with E-state index in [4.69, 9.17) is 18.9 Å². The summed E-state index contributed by atoms with van der Waals surface area (Å²) in [5.74, 6) is -1.05. The number of carbonyl (C=O) groups excluding carboxylic acids is 5. The molecular weight excluding hydrogens is 1220 g/mol. The molecule has 0 radical (unpaired) electrons. The molecular formula is C80H158N6O11. The number of esters is 4. The lowest BCUT2D eigenvalue weighted by Gasteiger charge is -2.28. The number of amides is 1. The van der Waals surface area contributed by atoms with Gasteiger partial charge in [0.25, 0.3) is 0 Å². The lowest BCUT2D eigenvalue weighted by atomic mass is 9.87. The van der Waals surface area contributed by atoms with Gasteiger partial charge in [-0.2, -0.15) is 0 Å². The van der Waals surface area contributed by atoms with Gasteiger partial charge in [0.1, 0.15) is 24.4 Å². The van der Waals surface area contributed by atoms with Gasteiger partial charge in [0, 0.05) is 83.6 Å². The summed E-state index contributed by atoms with van der Waals surface area (Å²) < 4.78 is 22.9. The van der Waals surface area contributed by atoms with Gasteiger partial charge in [0.2, 0.25) is 5.91 Å². The summed E-state index contributed by atoms with van der Waals surface area (Å²) >= 11 is 0. The second-order valence-corrected chi connectivity index (χ2v) is 29.5. The van der Waals surface area contributed by atoms with Gasteiger partial charge in [-0.05, 0) is 156 Å². The number of ether oxygens (including phenoxy) is 4. The van der Waals surface area contributed by atoms with Gasteiger partial charge in [-0.3, -0.25) is 24.0 Å². The first kappa shape index (κ1) is 94.1. The number of hydrogen-bond acceptors (Lipinski definition) is 16. The highest BCUT2D eigenvalue weighted by Crippen LogP contribution is 2.21. The molecule has 17 heteroatoms. The summed E-state index contributed by atoms with van der Waals surface area (Å²) in [6, 6.07) is 0. The first-order chi connectivity index (χ1) is 46.9. The highest BCUT2D eigenvalue weighted by atomic mass is 16.6. The minimum Gasteiger partial charge on any atom is -0.466 e. The van der Waals surface area contributed by atoms with Crippen LogP contribution in [0.25, 0.3) is 0 Å². The maximum absolute atomic E-state index is 12.6. The van der Waals surface area contributed by atoms with Crippen molar-refractivity contribution in [3.05, 3.63) is 0 Å². The molecule has 0 aromatic carbocycles. The van der Waals surface area contributed by atoms with Crippen molar-refractivity contribution in [3.8, 4) is 0 Å². The zero-order chi connectivity index (χ0) is 71.8. The average Bonchev–Trinajstić information content (AvgIpc) is 1.47. The molecule has 0 fully saturated rings. The van der Waals surface area contributed by atoms with Gasteiger partial charge in [0.15, 0.2) is 0 Å². The van der Waals surface area contributed by atoms with Crippen LogP contribution in [0.5, 0.6) is 0 Å². The van der Waals surface area contributed by atoms with Crippen LogP contribution in [-0.4, -0.2) is 208 Å². The van der Waals surface area contributed by atoms with E-state index in [1.54, 1.807) is 13.8 Å². The van der Waals surface area contributed by atoms with E-state index in [0.29, 0.717) is 25.9 Å². The van der Waals surface area contributed by atoms with E-state index in [-0.39, 0.29) is 61.8 Å². The van der Waals surface area contributed by atoms with Crippen molar-refractivity contribution in [2.45, 2.75) is 362 Å². The standard InChI is InChI=1S/C80H158N6O11/c1-12-18-21-38-49-71(15-4)95-75(89)52-41-30-24-27-33-44-57-85(58-45-34-28-25-31-42-53-76(90)96-72(16-5)50-39-22-19-13-2)67-65-83(10)63-61-82(9)62-64-84(11)66-68-86(59-46-35-29-26-32-43-54-77(91)97-73(17-6)51-40-23-20-14-3)60-47-36-37-48-69-94-74(88)55-56-81-79(93)78(92)80(7,8)70-87/h71-73,78,87,92H,12-70H2,1-11H3,(H,81,93). The molecule has 0 rings (SSSR count). The topological polar surface area (TPSA) is 191 Å². The van der Waals surface area contributed by atoms with Crippen LogP contribution in [0.15, 0.2) is 0 Å². The molecule has 4 unspecified atom stereocenters. The predicted octanol–water partition coefficient (Wildman–Crippen LogP) is 16.4. The maximum atomic E-state index is 12.6. The largest absolute Gasteiger partial charge is 0.466 e. The molecule has 574 valence electrons. The summed E-state index contributed by atoms with van der Waals surface area (Å²) in [6.07, 6.45) is 44.8. The van der Waals surface area contributed by atoms with E-state index >= 15 is 0 Å². The van der Waals surface area contributed by atoms with E-state index in [2.05, 4.69) is 92.5 Å². The molecule has 0 spiro atoms. The molecule has 0 aromatic heterocycles. The molecule has 97 heavy (non-hydrogen) atoms. The quantitative estimate of drug-likeness (QED) is 0.0296. The Morgan fingerprint density at radius 3 is 0.959 bits per heavy atom. The second kappa shape index (κ2) is 66.3.